The van der Waals surface area contributed by atoms with Gasteiger partial charge in [-0.3, -0.25) is 4.79 Å². The zero-order valence-electron chi connectivity index (χ0n) is 21.9. The third-order valence-electron chi connectivity index (χ3n) is 11.9. The topological polar surface area (TPSA) is 91.7 Å². The first-order valence-electron chi connectivity index (χ1n) is 13.4. The van der Waals surface area contributed by atoms with Gasteiger partial charge in [0.1, 0.15) is 0 Å². The molecule has 190 valence electrons. The summed E-state index contributed by atoms with van der Waals surface area (Å²) in [7, 11) is 0. The molecule has 5 aliphatic carbocycles. The fraction of sp³-hybridized carbons (Fsp3) is 0.862. The highest BCUT2D eigenvalue weighted by atomic mass is 16.3. The third-order valence-corrected chi connectivity index (χ3v) is 11.9. The number of rotatable bonds is 0. The number of carbonyl (C=O) groups is 1. The average molecular weight is 473 g/mol. The molecule has 1 unspecified atom stereocenters. The van der Waals surface area contributed by atoms with Crippen molar-refractivity contribution in [2.45, 2.75) is 111 Å². The van der Waals surface area contributed by atoms with Crippen LogP contribution in [0.1, 0.15) is 99.3 Å². The van der Waals surface area contributed by atoms with Crippen molar-refractivity contribution in [3.63, 3.8) is 0 Å². The Morgan fingerprint density at radius 1 is 0.941 bits per heavy atom. The van der Waals surface area contributed by atoms with Crippen molar-refractivity contribution in [1.29, 1.82) is 0 Å². The van der Waals surface area contributed by atoms with E-state index >= 15 is 0 Å². The van der Waals surface area contributed by atoms with E-state index in [9.17, 15) is 15.0 Å². The Bertz CT molecular complexity index is 915. The molecule has 0 aromatic heterocycles. The molecule has 4 saturated carbocycles. The lowest BCUT2D eigenvalue weighted by Gasteiger charge is -2.67. The van der Waals surface area contributed by atoms with Gasteiger partial charge in [0.05, 0.1) is 11.7 Å². The van der Waals surface area contributed by atoms with Gasteiger partial charge in [-0.2, -0.15) is 9.59 Å². The molecule has 5 aliphatic rings. The molecule has 0 amide bonds. The maximum atomic E-state index is 13.9. The molecule has 5 nitrogen and oxygen atoms in total. The standard InChI is InChI=1S/C28H44O3.CO2/c1-17-9-11-25(4)13-14-26(5)18-7-8-20-24(2,3)22(30)10-12-27(20,6)23(18)19(29)15-21(26)28(25,31)16-17;2-1-3/h15,17-18,20,22-23,30-31H,7-14,16H2,1-6H3;/t17-,18?,20+,22+,23-,25-,26+,27+,28-;/m1./s1. The molecule has 4 fully saturated rings. The van der Waals surface area contributed by atoms with Crippen LogP contribution in [0.4, 0.5) is 0 Å². The molecule has 0 saturated heterocycles. The largest absolute Gasteiger partial charge is 0.393 e. The van der Waals surface area contributed by atoms with Gasteiger partial charge in [-0.15, -0.1) is 0 Å². The SMILES string of the molecule is C[C@@H]1CC[C@]2(C)CC[C@]3(C)C(=CC(=O)[C@H]4C3CC[C@H]3C(C)(C)[C@@H](O)CC[C@]43C)[C@]2(O)C1.O=C=O. The van der Waals surface area contributed by atoms with Crippen molar-refractivity contribution < 1.29 is 24.6 Å². The van der Waals surface area contributed by atoms with Crippen LogP contribution in [0.25, 0.3) is 0 Å². The van der Waals surface area contributed by atoms with E-state index in [1.54, 1.807) is 0 Å². The van der Waals surface area contributed by atoms with Gasteiger partial charge in [-0.25, -0.2) is 0 Å². The summed E-state index contributed by atoms with van der Waals surface area (Å²) in [6, 6.07) is 0. The minimum Gasteiger partial charge on any atom is -0.393 e. The highest BCUT2D eigenvalue weighted by molar-refractivity contribution is 5.95. The highest BCUT2D eigenvalue weighted by Crippen LogP contribution is 2.71. The summed E-state index contributed by atoms with van der Waals surface area (Å²) in [6.07, 6.45) is 11.0. The summed E-state index contributed by atoms with van der Waals surface area (Å²) in [6.45, 7) is 13.7. The second-order valence-corrected chi connectivity index (χ2v) is 13.8. The van der Waals surface area contributed by atoms with E-state index in [4.69, 9.17) is 9.59 Å². The molecule has 0 aromatic rings. The molecule has 34 heavy (non-hydrogen) atoms. The van der Waals surface area contributed by atoms with Gasteiger partial charge in [0.25, 0.3) is 0 Å². The lowest BCUT2D eigenvalue weighted by Crippen LogP contribution is -2.66. The van der Waals surface area contributed by atoms with Crippen molar-refractivity contribution in [3.05, 3.63) is 11.6 Å². The van der Waals surface area contributed by atoms with Crippen LogP contribution in [0, 0.1) is 45.3 Å². The average Bonchev–Trinajstić information content (AvgIpc) is 2.75. The van der Waals surface area contributed by atoms with Crippen LogP contribution in [0.2, 0.25) is 0 Å². The molecule has 5 heteroatoms. The Labute approximate surface area is 204 Å². The first kappa shape index (κ1) is 25.8. The zero-order valence-corrected chi connectivity index (χ0v) is 21.9. The summed E-state index contributed by atoms with van der Waals surface area (Å²) in [5, 5.41) is 23.0. The normalized spacial score (nSPS) is 51.2. The van der Waals surface area contributed by atoms with Crippen molar-refractivity contribution in [2.24, 2.45) is 45.3 Å². The third kappa shape index (κ3) is 3.29. The lowest BCUT2D eigenvalue weighted by atomic mass is 9.37. The van der Waals surface area contributed by atoms with E-state index in [1.807, 2.05) is 6.08 Å². The van der Waals surface area contributed by atoms with Crippen LogP contribution in [0.15, 0.2) is 11.6 Å². The van der Waals surface area contributed by atoms with Gasteiger partial charge < -0.3 is 10.2 Å². The van der Waals surface area contributed by atoms with Crippen LogP contribution in [-0.2, 0) is 14.4 Å². The van der Waals surface area contributed by atoms with Crippen molar-refractivity contribution in [2.75, 3.05) is 0 Å². The van der Waals surface area contributed by atoms with Gasteiger partial charge in [0, 0.05) is 11.3 Å². The smallest absolute Gasteiger partial charge is 0.373 e. The molecule has 5 rings (SSSR count). The summed E-state index contributed by atoms with van der Waals surface area (Å²) in [5.41, 5.74) is -0.141. The maximum Gasteiger partial charge on any atom is 0.373 e. The summed E-state index contributed by atoms with van der Waals surface area (Å²) in [4.78, 5) is 30.2. The van der Waals surface area contributed by atoms with Gasteiger partial charge in [-0.1, -0.05) is 41.5 Å². The molecular weight excluding hydrogens is 428 g/mol. The second-order valence-electron chi connectivity index (χ2n) is 13.8. The molecular formula is C29H44O5. The Balaban J connectivity index is 0.000000868. The summed E-state index contributed by atoms with van der Waals surface area (Å²) in [5.74, 6) is 1.49. The fourth-order valence-electron chi connectivity index (χ4n) is 9.77. The molecule has 9 atom stereocenters. The minimum atomic E-state index is -0.835. The number of allylic oxidation sites excluding steroid dienone is 1. The van der Waals surface area contributed by atoms with Crippen molar-refractivity contribution in [3.8, 4) is 0 Å². The molecule has 0 bridgehead atoms. The number of fused-ring (bicyclic) bond motifs is 7. The summed E-state index contributed by atoms with van der Waals surface area (Å²) < 4.78 is 0. The number of ketones is 1. The molecule has 0 spiro atoms. The number of carbonyl (C=O) groups excluding carboxylic acids is 3. The second kappa shape index (κ2) is 8.11. The number of aliphatic hydroxyl groups is 2. The molecule has 0 aromatic carbocycles. The molecule has 0 heterocycles. The maximum absolute atomic E-state index is 13.9. The zero-order chi connectivity index (χ0) is 25.3. The number of hydrogen-bond donors (Lipinski definition) is 2. The van der Waals surface area contributed by atoms with E-state index in [-0.39, 0.29) is 45.6 Å². The highest BCUT2D eigenvalue weighted by Gasteiger charge is 2.68. The fourth-order valence-corrected chi connectivity index (χ4v) is 9.77. The van der Waals surface area contributed by atoms with Crippen LogP contribution in [-0.4, -0.2) is 33.9 Å². The quantitative estimate of drug-likeness (QED) is 0.512. The molecule has 0 radical (unpaired) electrons. The first-order chi connectivity index (χ1) is 15.7. The molecule has 2 N–H and O–H groups in total. The monoisotopic (exact) mass is 472 g/mol. The predicted octanol–water partition coefficient (Wildman–Crippen LogP) is 5.10. The number of hydrogen-bond acceptors (Lipinski definition) is 5. The van der Waals surface area contributed by atoms with E-state index in [1.165, 1.54) is 6.42 Å². The van der Waals surface area contributed by atoms with Crippen LogP contribution < -0.4 is 0 Å². The van der Waals surface area contributed by atoms with Crippen LogP contribution in [0.3, 0.4) is 0 Å². The number of aliphatic hydroxyl groups excluding tert-OH is 1. The van der Waals surface area contributed by atoms with Crippen LogP contribution in [0.5, 0.6) is 0 Å². The van der Waals surface area contributed by atoms with Crippen molar-refractivity contribution >= 4 is 11.9 Å². The van der Waals surface area contributed by atoms with Gasteiger partial charge >= 0.3 is 6.15 Å². The van der Waals surface area contributed by atoms with Crippen LogP contribution >= 0.6 is 0 Å². The predicted molar refractivity (Wildman–Crippen MR) is 128 cm³/mol. The Morgan fingerprint density at radius 3 is 2.24 bits per heavy atom. The van der Waals surface area contributed by atoms with Gasteiger partial charge in [-0.05, 0) is 103 Å². The first-order valence-corrected chi connectivity index (χ1v) is 13.4. The lowest BCUT2D eigenvalue weighted by molar-refractivity contribution is -0.191. The van der Waals surface area contributed by atoms with E-state index in [2.05, 4.69) is 41.5 Å². The Hall–Kier alpha value is -1.29. The molecule has 0 aliphatic heterocycles. The van der Waals surface area contributed by atoms with E-state index < -0.39 is 5.60 Å². The summed E-state index contributed by atoms with van der Waals surface area (Å²) >= 11 is 0. The Kier molecular flexibility index (Phi) is 6.16. The van der Waals surface area contributed by atoms with Gasteiger partial charge in [0.2, 0.25) is 0 Å². The van der Waals surface area contributed by atoms with E-state index in [0.717, 1.165) is 56.9 Å². The van der Waals surface area contributed by atoms with E-state index in [0.29, 0.717) is 17.8 Å². The minimum absolute atomic E-state index is 0.0285. The van der Waals surface area contributed by atoms with Gasteiger partial charge in [0.15, 0.2) is 5.78 Å². The Morgan fingerprint density at radius 2 is 1.59 bits per heavy atom. The van der Waals surface area contributed by atoms with Crippen molar-refractivity contribution in [1.82, 2.24) is 0 Å².